The van der Waals surface area contributed by atoms with E-state index in [1.54, 1.807) is 0 Å². The number of carbonyl (C=O) groups is 1. The third kappa shape index (κ3) is 2.84. The van der Waals surface area contributed by atoms with Crippen molar-refractivity contribution in [2.75, 3.05) is 18.9 Å². The number of likely N-dealkylation sites (tertiary alicyclic amines) is 1. The molecule has 2 unspecified atom stereocenters. The largest absolute Gasteiger partial charge is 0.478 e. The lowest BCUT2D eigenvalue weighted by Crippen LogP contribution is -2.25. The molecule has 0 spiro atoms. The summed E-state index contributed by atoms with van der Waals surface area (Å²) in [6, 6.07) is 2.02. The summed E-state index contributed by atoms with van der Waals surface area (Å²) in [7, 11) is 1.97. The van der Waals surface area contributed by atoms with Gasteiger partial charge in [0.25, 0.3) is 0 Å². The number of carboxylic acid groups (broad SMARTS) is 1. The van der Waals surface area contributed by atoms with E-state index in [0.29, 0.717) is 12.1 Å². The minimum absolute atomic E-state index is 0.0293. The minimum Gasteiger partial charge on any atom is -0.478 e. The molecule has 1 aliphatic rings. The number of halogens is 2. The first-order valence-electron chi connectivity index (χ1n) is 6.07. The summed E-state index contributed by atoms with van der Waals surface area (Å²) < 4.78 is 26.9. The van der Waals surface area contributed by atoms with Crippen LogP contribution in [0, 0.1) is 11.6 Å². The van der Waals surface area contributed by atoms with Crippen molar-refractivity contribution < 1.29 is 18.7 Å². The third-order valence-corrected chi connectivity index (χ3v) is 3.53. The fourth-order valence-corrected chi connectivity index (χ4v) is 2.34. The number of aromatic carboxylic acids is 1. The van der Waals surface area contributed by atoms with Crippen LogP contribution >= 0.6 is 0 Å². The molecule has 19 heavy (non-hydrogen) atoms. The average molecular weight is 270 g/mol. The maximum Gasteiger partial charge on any atom is 0.338 e. The van der Waals surface area contributed by atoms with Crippen molar-refractivity contribution >= 4 is 11.7 Å². The number of hydrogen-bond donors (Lipinski definition) is 2. The Morgan fingerprint density at radius 2 is 2.11 bits per heavy atom. The number of hydrogen-bond acceptors (Lipinski definition) is 3. The number of carboxylic acids is 1. The zero-order chi connectivity index (χ0) is 14.2. The Kier molecular flexibility index (Phi) is 3.71. The molecule has 2 atom stereocenters. The number of rotatable bonds is 3. The Bertz CT molecular complexity index is 498. The highest BCUT2D eigenvalue weighted by molar-refractivity contribution is 5.89. The summed E-state index contributed by atoms with van der Waals surface area (Å²) in [4.78, 5) is 13.0. The Labute approximate surface area is 110 Å². The molecular weight excluding hydrogens is 254 g/mol. The fraction of sp³-hybridized carbons (Fsp3) is 0.462. The fourth-order valence-electron chi connectivity index (χ4n) is 2.34. The van der Waals surface area contributed by atoms with Gasteiger partial charge in [-0.15, -0.1) is 0 Å². The minimum atomic E-state index is -1.41. The second kappa shape index (κ2) is 5.13. The van der Waals surface area contributed by atoms with E-state index in [1.165, 1.54) is 0 Å². The molecule has 2 rings (SSSR count). The van der Waals surface area contributed by atoms with Crippen LogP contribution in [-0.2, 0) is 0 Å². The van der Waals surface area contributed by atoms with Crippen LogP contribution in [0.1, 0.15) is 23.7 Å². The van der Waals surface area contributed by atoms with Gasteiger partial charge in [-0.1, -0.05) is 0 Å². The zero-order valence-electron chi connectivity index (χ0n) is 10.8. The van der Waals surface area contributed by atoms with Gasteiger partial charge in [0, 0.05) is 24.7 Å². The molecule has 2 N–H and O–H groups in total. The van der Waals surface area contributed by atoms with Gasteiger partial charge >= 0.3 is 5.97 Å². The third-order valence-electron chi connectivity index (χ3n) is 3.53. The van der Waals surface area contributed by atoms with E-state index in [1.807, 2.05) is 7.05 Å². The monoisotopic (exact) mass is 270 g/mol. The molecule has 0 aliphatic carbocycles. The van der Waals surface area contributed by atoms with Crippen LogP contribution in [0.3, 0.4) is 0 Å². The highest BCUT2D eigenvalue weighted by Gasteiger charge is 2.27. The van der Waals surface area contributed by atoms with Crippen molar-refractivity contribution in [3.05, 3.63) is 29.3 Å². The molecule has 1 aromatic carbocycles. The second-order valence-electron chi connectivity index (χ2n) is 4.98. The Morgan fingerprint density at radius 3 is 2.63 bits per heavy atom. The molecule has 0 aromatic heterocycles. The first-order valence-corrected chi connectivity index (χ1v) is 6.07. The number of nitrogens with zero attached hydrogens (tertiary/aromatic N) is 1. The normalized spacial score (nSPS) is 23.6. The molecule has 0 saturated carbocycles. The molecule has 1 saturated heterocycles. The Hall–Kier alpha value is -1.69. The van der Waals surface area contributed by atoms with Gasteiger partial charge in [0.05, 0.1) is 11.3 Å². The predicted molar refractivity (Wildman–Crippen MR) is 67.4 cm³/mol. The van der Waals surface area contributed by atoms with Crippen molar-refractivity contribution in [1.29, 1.82) is 0 Å². The maximum absolute atomic E-state index is 13.6. The Morgan fingerprint density at radius 1 is 1.42 bits per heavy atom. The predicted octanol–water partition coefficient (Wildman–Crippen LogP) is 2.17. The van der Waals surface area contributed by atoms with Crippen molar-refractivity contribution in [3.63, 3.8) is 0 Å². The Balaban J connectivity index is 2.21. The molecule has 1 aromatic rings. The molecule has 1 aliphatic heterocycles. The molecule has 4 nitrogen and oxygen atoms in total. The molecule has 0 radical (unpaired) electrons. The van der Waals surface area contributed by atoms with Crippen LogP contribution in [0.2, 0.25) is 0 Å². The van der Waals surface area contributed by atoms with Gasteiger partial charge in [0.1, 0.15) is 11.6 Å². The van der Waals surface area contributed by atoms with Crippen LogP contribution in [0.5, 0.6) is 0 Å². The van der Waals surface area contributed by atoms with Gasteiger partial charge in [-0.25, -0.2) is 13.6 Å². The average Bonchev–Trinajstić information content (AvgIpc) is 2.61. The van der Waals surface area contributed by atoms with E-state index >= 15 is 0 Å². The van der Waals surface area contributed by atoms with Gasteiger partial charge in [-0.2, -0.15) is 0 Å². The van der Waals surface area contributed by atoms with Gasteiger partial charge in [0.15, 0.2) is 0 Å². The van der Waals surface area contributed by atoms with Crippen molar-refractivity contribution in [2.24, 2.45) is 0 Å². The van der Waals surface area contributed by atoms with Crippen molar-refractivity contribution in [2.45, 2.75) is 25.4 Å². The smallest absolute Gasteiger partial charge is 0.338 e. The lowest BCUT2D eigenvalue weighted by Gasteiger charge is -2.15. The highest BCUT2D eigenvalue weighted by Crippen LogP contribution is 2.24. The molecule has 1 fully saturated rings. The first kappa shape index (κ1) is 13.7. The number of anilines is 1. The van der Waals surface area contributed by atoms with E-state index in [9.17, 15) is 13.6 Å². The van der Waals surface area contributed by atoms with E-state index in [0.717, 1.165) is 19.0 Å². The number of likely N-dealkylation sites (N-methyl/N-ethyl adjacent to an activating group) is 1. The van der Waals surface area contributed by atoms with Gasteiger partial charge < -0.3 is 15.3 Å². The quantitative estimate of drug-likeness (QED) is 0.884. The van der Waals surface area contributed by atoms with Gasteiger partial charge in [-0.05, 0) is 26.5 Å². The summed E-state index contributed by atoms with van der Waals surface area (Å²) in [6.07, 6.45) is 0.829. The van der Waals surface area contributed by atoms with Crippen LogP contribution in [0.25, 0.3) is 0 Å². The van der Waals surface area contributed by atoms with Crippen LogP contribution < -0.4 is 5.32 Å². The zero-order valence-corrected chi connectivity index (χ0v) is 10.8. The topological polar surface area (TPSA) is 52.6 Å². The standard InChI is InChI=1S/C13H16F2N2O2/c1-7-3-8(6-17(7)2)16-12-4-9(13(18)19)10(14)5-11(12)15/h4-5,7-8,16H,3,6H2,1-2H3,(H,18,19). The van der Waals surface area contributed by atoms with E-state index in [2.05, 4.69) is 17.1 Å². The van der Waals surface area contributed by atoms with Crippen LogP contribution in [0.4, 0.5) is 14.5 Å². The first-order chi connectivity index (χ1) is 8.88. The van der Waals surface area contributed by atoms with E-state index < -0.39 is 23.2 Å². The van der Waals surface area contributed by atoms with Gasteiger partial charge in [0.2, 0.25) is 0 Å². The molecule has 0 bridgehead atoms. The van der Waals surface area contributed by atoms with E-state index in [4.69, 9.17) is 5.11 Å². The van der Waals surface area contributed by atoms with Crippen LogP contribution in [-0.4, -0.2) is 41.7 Å². The van der Waals surface area contributed by atoms with E-state index in [-0.39, 0.29) is 11.7 Å². The summed E-state index contributed by atoms with van der Waals surface area (Å²) in [6.45, 7) is 2.80. The molecule has 0 amide bonds. The molecular formula is C13H16F2N2O2. The van der Waals surface area contributed by atoms with Crippen molar-refractivity contribution in [3.8, 4) is 0 Å². The number of nitrogens with one attached hydrogen (secondary N) is 1. The number of benzene rings is 1. The lowest BCUT2D eigenvalue weighted by atomic mass is 10.1. The summed E-state index contributed by atoms with van der Waals surface area (Å²) in [5, 5.41) is 11.8. The second-order valence-corrected chi connectivity index (χ2v) is 4.98. The van der Waals surface area contributed by atoms with Crippen molar-refractivity contribution in [1.82, 2.24) is 4.90 Å². The highest BCUT2D eigenvalue weighted by atomic mass is 19.1. The van der Waals surface area contributed by atoms with Gasteiger partial charge in [-0.3, -0.25) is 0 Å². The summed E-state index contributed by atoms with van der Waals surface area (Å²) in [5.74, 6) is -3.24. The SMILES string of the molecule is CC1CC(Nc2cc(C(=O)O)c(F)cc2F)CN1C. The molecule has 1 heterocycles. The van der Waals surface area contributed by atoms with Crippen LogP contribution in [0.15, 0.2) is 12.1 Å². The maximum atomic E-state index is 13.6. The summed E-state index contributed by atoms with van der Waals surface area (Å²) >= 11 is 0. The summed E-state index contributed by atoms with van der Waals surface area (Å²) in [5.41, 5.74) is -0.491. The molecule has 104 valence electrons. The molecule has 6 heteroatoms. The lowest BCUT2D eigenvalue weighted by molar-refractivity contribution is 0.0692.